The van der Waals surface area contributed by atoms with Gasteiger partial charge >= 0.3 is 6.18 Å². The molecule has 210 valence electrons. The first-order chi connectivity index (χ1) is 19.8. The molecule has 12 heteroatoms. The van der Waals surface area contributed by atoms with Gasteiger partial charge in [0.2, 0.25) is 5.88 Å². The summed E-state index contributed by atoms with van der Waals surface area (Å²) in [6.07, 6.45) is 4.19. The average Bonchev–Trinajstić information content (AvgIpc) is 3.62. The zero-order valence-electron chi connectivity index (χ0n) is 22.6. The summed E-state index contributed by atoms with van der Waals surface area (Å²) in [4.78, 5) is 23.4. The van der Waals surface area contributed by atoms with E-state index in [0.717, 1.165) is 60.8 Å². The molecule has 2 aliphatic carbocycles. The van der Waals surface area contributed by atoms with Crippen LogP contribution >= 0.6 is 0 Å². The molecule has 41 heavy (non-hydrogen) atoms. The molecule has 4 aromatic heterocycles. The fourth-order valence-corrected chi connectivity index (χ4v) is 5.40. The summed E-state index contributed by atoms with van der Waals surface area (Å²) in [6, 6.07) is 8.43. The second-order valence-electron chi connectivity index (χ2n) is 10.8. The van der Waals surface area contributed by atoms with E-state index < -0.39 is 11.9 Å². The lowest BCUT2D eigenvalue weighted by Crippen LogP contribution is -2.16. The molecule has 0 spiro atoms. The maximum absolute atomic E-state index is 13.2. The number of imidazole rings is 1. The molecule has 0 saturated heterocycles. The number of benzene rings is 1. The third-order valence-corrected chi connectivity index (χ3v) is 7.91. The summed E-state index contributed by atoms with van der Waals surface area (Å²) < 4.78 is 48.5. The van der Waals surface area contributed by atoms with Gasteiger partial charge in [0.05, 0.1) is 31.2 Å². The zero-order chi connectivity index (χ0) is 28.3. The lowest BCUT2D eigenvalue weighted by molar-refractivity contribution is -0.141. The van der Waals surface area contributed by atoms with E-state index in [1.165, 1.54) is 11.0 Å². The van der Waals surface area contributed by atoms with Gasteiger partial charge in [0.1, 0.15) is 23.2 Å². The Morgan fingerprint density at radius 2 is 1.76 bits per heavy atom. The molecule has 0 radical (unpaired) electrons. The molecule has 0 N–H and O–H groups in total. The molecule has 0 aliphatic heterocycles. The Bertz CT molecular complexity index is 1750. The van der Waals surface area contributed by atoms with Crippen LogP contribution in [0.1, 0.15) is 72.4 Å². The molecule has 7 rings (SSSR count). The Morgan fingerprint density at radius 1 is 0.976 bits per heavy atom. The number of rotatable bonds is 7. The second-order valence-corrected chi connectivity index (χ2v) is 10.8. The van der Waals surface area contributed by atoms with Gasteiger partial charge in [0, 0.05) is 17.5 Å². The summed E-state index contributed by atoms with van der Waals surface area (Å²) >= 11 is 0. The first-order valence-corrected chi connectivity index (χ1v) is 13.7. The highest BCUT2D eigenvalue weighted by molar-refractivity contribution is 5.76. The number of aryl methyl sites for hydroxylation is 1. The number of methoxy groups -OCH3 is 1. The number of hydrogen-bond donors (Lipinski definition) is 0. The lowest BCUT2D eigenvalue weighted by Gasteiger charge is -2.25. The van der Waals surface area contributed by atoms with Crippen molar-refractivity contribution in [2.24, 2.45) is 0 Å². The number of aromatic nitrogens is 8. The summed E-state index contributed by atoms with van der Waals surface area (Å²) in [5.74, 6) is 2.61. The van der Waals surface area contributed by atoms with Crippen LogP contribution in [0.15, 0.2) is 42.9 Å². The molecule has 0 unspecified atom stereocenters. The molecular weight excluding hydrogens is 533 g/mol. The molecule has 5 aromatic rings. The molecular formula is C29H27F3N8O. The quantitative estimate of drug-likeness (QED) is 0.241. The monoisotopic (exact) mass is 560 g/mol. The standard InChI is InChI=1S/C29H27F3N8O/c1-16-12-22(29(30,31)32)38-40(16)20-10-6-17(7-11-20)14-39-26(19-4-3-5-19)36-21-13-33-25(37-27(21)39)23-24(18-8-9-18)34-15-35-28(23)41-2/h6-7,10-13,15,18-19H,3-5,8-9,14H2,1-2H3. The minimum Gasteiger partial charge on any atom is -0.480 e. The van der Waals surface area contributed by atoms with Gasteiger partial charge in [0.15, 0.2) is 17.2 Å². The summed E-state index contributed by atoms with van der Waals surface area (Å²) in [6.45, 7) is 2.11. The van der Waals surface area contributed by atoms with Crippen molar-refractivity contribution in [1.82, 2.24) is 39.3 Å². The van der Waals surface area contributed by atoms with Crippen LogP contribution < -0.4 is 4.74 Å². The number of ether oxygens (including phenoxy) is 1. The smallest absolute Gasteiger partial charge is 0.435 e. The highest BCUT2D eigenvalue weighted by Crippen LogP contribution is 2.45. The number of hydrogen-bond acceptors (Lipinski definition) is 7. The maximum Gasteiger partial charge on any atom is 0.435 e. The van der Waals surface area contributed by atoms with Crippen molar-refractivity contribution < 1.29 is 17.9 Å². The molecule has 0 amide bonds. The van der Waals surface area contributed by atoms with E-state index in [1.807, 2.05) is 12.1 Å². The van der Waals surface area contributed by atoms with E-state index in [-0.39, 0.29) is 0 Å². The van der Waals surface area contributed by atoms with Crippen molar-refractivity contribution in [2.75, 3.05) is 7.11 Å². The van der Waals surface area contributed by atoms with E-state index in [1.54, 1.807) is 32.4 Å². The van der Waals surface area contributed by atoms with Gasteiger partial charge in [0.25, 0.3) is 0 Å². The summed E-state index contributed by atoms with van der Waals surface area (Å²) in [7, 11) is 1.58. The lowest BCUT2D eigenvalue weighted by atomic mass is 9.85. The fourth-order valence-electron chi connectivity index (χ4n) is 5.40. The Balaban J connectivity index is 1.27. The third-order valence-electron chi connectivity index (χ3n) is 7.91. The Hall–Kier alpha value is -4.35. The van der Waals surface area contributed by atoms with Crippen LogP contribution in [-0.2, 0) is 12.7 Å². The first kappa shape index (κ1) is 25.6. The van der Waals surface area contributed by atoms with Gasteiger partial charge in [-0.05, 0) is 56.4 Å². The van der Waals surface area contributed by atoms with Crippen LogP contribution in [0.25, 0.3) is 28.2 Å². The van der Waals surface area contributed by atoms with Crippen LogP contribution in [0, 0.1) is 6.92 Å². The van der Waals surface area contributed by atoms with Crippen LogP contribution in [0.2, 0.25) is 0 Å². The molecule has 0 atom stereocenters. The number of fused-ring (bicyclic) bond motifs is 1. The highest BCUT2D eigenvalue weighted by atomic mass is 19.4. The molecule has 2 saturated carbocycles. The van der Waals surface area contributed by atoms with Crippen LogP contribution in [0.4, 0.5) is 13.2 Å². The van der Waals surface area contributed by atoms with Crippen LogP contribution in [0.5, 0.6) is 5.88 Å². The van der Waals surface area contributed by atoms with E-state index >= 15 is 0 Å². The van der Waals surface area contributed by atoms with Crippen LogP contribution in [-0.4, -0.2) is 46.4 Å². The molecule has 2 fully saturated rings. The minimum absolute atomic E-state index is 0.344. The number of alkyl halides is 3. The van der Waals surface area contributed by atoms with E-state index in [4.69, 9.17) is 14.7 Å². The maximum atomic E-state index is 13.2. The van der Waals surface area contributed by atoms with Crippen LogP contribution in [0.3, 0.4) is 0 Å². The third kappa shape index (κ3) is 4.60. The summed E-state index contributed by atoms with van der Waals surface area (Å²) in [5, 5.41) is 3.77. The minimum atomic E-state index is -4.49. The normalized spacial score (nSPS) is 15.8. The van der Waals surface area contributed by atoms with E-state index in [0.29, 0.717) is 52.6 Å². The average molecular weight is 561 g/mol. The highest BCUT2D eigenvalue weighted by Gasteiger charge is 2.35. The van der Waals surface area contributed by atoms with Gasteiger partial charge in [-0.15, -0.1) is 0 Å². The number of halogens is 3. The van der Waals surface area contributed by atoms with Gasteiger partial charge in [-0.1, -0.05) is 18.6 Å². The number of nitrogens with zero attached hydrogens (tertiary/aromatic N) is 8. The van der Waals surface area contributed by atoms with Gasteiger partial charge in [-0.25, -0.2) is 29.6 Å². The first-order valence-electron chi connectivity index (χ1n) is 13.7. The van der Waals surface area contributed by atoms with Crippen molar-refractivity contribution in [1.29, 1.82) is 0 Å². The fraction of sp³-hybridized carbons (Fsp3) is 0.379. The molecule has 0 bridgehead atoms. The molecule has 2 aliphatic rings. The summed E-state index contributed by atoms with van der Waals surface area (Å²) in [5.41, 5.74) is 4.07. The second kappa shape index (κ2) is 9.64. The van der Waals surface area contributed by atoms with Gasteiger partial charge in [-0.2, -0.15) is 18.3 Å². The van der Waals surface area contributed by atoms with Crippen molar-refractivity contribution in [3.8, 4) is 23.0 Å². The predicted octanol–water partition coefficient (Wildman–Crippen LogP) is 6.00. The Kier molecular flexibility index (Phi) is 6.02. The predicted molar refractivity (Wildman–Crippen MR) is 144 cm³/mol. The topological polar surface area (TPSA) is 96.4 Å². The van der Waals surface area contributed by atoms with E-state index in [2.05, 4.69) is 24.6 Å². The van der Waals surface area contributed by atoms with Gasteiger partial charge < -0.3 is 9.30 Å². The van der Waals surface area contributed by atoms with Crippen molar-refractivity contribution in [3.05, 3.63) is 71.3 Å². The van der Waals surface area contributed by atoms with Crippen molar-refractivity contribution in [3.63, 3.8) is 0 Å². The molecule has 9 nitrogen and oxygen atoms in total. The van der Waals surface area contributed by atoms with Crippen molar-refractivity contribution in [2.45, 2.75) is 63.6 Å². The Morgan fingerprint density at radius 3 is 2.39 bits per heavy atom. The zero-order valence-corrected chi connectivity index (χ0v) is 22.6. The van der Waals surface area contributed by atoms with Crippen molar-refractivity contribution >= 4 is 11.2 Å². The molecule has 1 aromatic carbocycles. The Labute approximate surface area is 233 Å². The van der Waals surface area contributed by atoms with Gasteiger partial charge in [-0.3, -0.25) is 0 Å². The SMILES string of the molecule is COc1ncnc(C2CC2)c1-c1ncc2nc(C3CCC3)n(Cc3ccc(-n4nc(C(F)(F)F)cc4C)cc3)c2n1. The molecule has 4 heterocycles. The largest absolute Gasteiger partial charge is 0.480 e. The van der Waals surface area contributed by atoms with E-state index in [9.17, 15) is 13.2 Å².